The van der Waals surface area contributed by atoms with E-state index in [0.717, 1.165) is 0 Å². The minimum atomic E-state index is -3.10. The molecule has 7 heteroatoms. The molecule has 15 heavy (non-hydrogen) atoms. The van der Waals surface area contributed by atoms with Gasteiger partial charge in [0.15, 0.2) is 0 Å². The first-order valence-corrected chi connectivity index (χ1v) is 6.62. The third-order valence-electron chi connectivity index (χ3n) is 1.47. The largest absolute Gasteiger partial charge is 0.468 e. The van der Waals surface area contributed by atoms with Gasteiger partial charge in [0.25, 0.3) is 7.52 Å². The molecule has 0 fully saturated rings. The van der Waals surface area contributed by atoms with E-state index in [0.29, 0.717) is 0 Å². The number of nitrogens with one attached hydrogen (secondary N) is 1. The maximum atomic E-state index is 11.8. The lowest BCUT2D eigenvalue weighted by Crippen LogP contribution is -2.39. The first kappa shape index (κ1) is 14.6. The van der Waals surface area contributed by atoms with E-state index in [1.807, 2.05) is 0 Å². The van der Waals surface area contributed by atoms with Crippen molar-refractivity contribution in [2.75, 3.05) is 20.4 Å². The minimum absolute atomic E-state index is 0.231. The quantitative estimate of drug-likeness (QED) is 0.514. The van der Waals surface area contributed by atoms with Crippen LogP contribution < -0.4 is 5.09 Å². The molecule has 0 radical (unpaired) electrons. The van der Waals surface area contributed by atoms with E-state index in [1.165, 1.54) is 13.8 Å². The Bertz CT molecular complexity index is 255. The number of hydrogen-bond acceptors (Lipinski definition) is 5. The fraction of sp³-hybridized carbons (Fsp3) is 0.875. The van der Waals surface area contributed by atoms with Crippen LogP contribution in [0, 0.1) is 0 Å². The lowest BCUT2D eigenvalue weighted by atomic mass is 10.3. The number of aliphatic hydroxyl groups is 1. The molecule has 0 heterocycles. The highest BCUT2D eigenvalue weighted by Crippen LogP contribution is 2.39. The Morgan fingerprint density at radius 3 is 2.40 bits per heavy atom. The molecular weight excluding hydrogens is 221 g/mol. The van der Waals surface area contributed by atoms with E-state index in [4.69, 9.17) is 9.63 Å². The highest BCUT2D eigenvalue weighted by Gasteiger charge is 2.27. The van der Waals surface area contributed by atoms with Crippen LogP contribution in [0.15, 0.2) is 0 Å². The van der Waals surface area contributed by atoms with Gasteiger partial charge < -0.3 is 14.4 Å². The number of hydrogen-bond donors (Lipinski definition) is 2. The van der Waals surface area contributed by atoms with Crippen LogP contribution in [0.3, 0.4) is 0 Å². The number of aliphatic hydroxyl groups excluding tert-OH is 1. The topological polar surface area (TPSA) is 84.9 Å². The van der Waals surface area contributed by atoms with Gasteiger partial charge in [0.05, 0.1) is 19.8 Å². The Kier molecular flexibility index (Phi) is 6.05. The third kappa shape index (κ3) is 5.89. The average molecular weight is 239 g/mol. The van der Waals surface area contributed by atoms with E-state index in [1.54, 1.807) is 13.8 Å². The van der Waals surface area contributed by atoms with Gasteiger partial charge in [-0.15, -0.1) is 0 Å². The molecule has 0 aliphatic heterocycles. The average Bonchev–Trinajstić information content (AvgIpc) is 2.11. The summed E-state index contributed by atoms with van der Waals surface area (Å²) in [5, 5.41) is 11.3. The van der Waals surface area contributed by atoms with Crippen LogP contribution in [0.4, 0.5) is 0 Å². The van der Waals surface area contributed by atoms with Crippen molar-refractivity contribution in [3.05, 3.63) is 0 Å². The summed E-state index contributed by atoms with van der Waals surface area (Å²) >= 11 is 0. The van der Waals surface area contributed by atoms with Crippen LogP contribution in [0.5, 0.6) is 0 Å². The molecule has 0 aliphatic rings. The smallest absolute Gasteiger partial charge is 0.325 e. The summed E-state index contributed by atoms with van der Waals surface area (Å²) in [7, 11) is -1.91. The summed E-state index contributed by atoms with van der Waals surface area (Å²) < 4.78 is 21.3. The van der Waals surface area contributed by atoms with Crippen molar-refractivity contribution in [3.63, 3.8) is 0 Å². The van der Waals surface area contributed by atoms with Gasteiger partial charge in [0, 0.05) is 6.66 Å². The van der Waals surface area contributed by atoms with E-state index < -0.39 is 26.1 Å². The number of methoxy groups -OCH3 is 1. The van der Waals surface area contributed by atoms with Crippen LogP contribution in [0.25, 0.3) is 0 Å². The van der Waals surface area contributed by atoms with Crippen molar-refractivity contribution >= 4 is 13.5 Å². The second-order valence-electron chi connectivity index (χ2n) is 3.39. The monoisotopic (exact) mass is 239 g/mol. The molecular formula is C8H18NO5P. The number of rotatable bonds is 6. The summed E-state index contributed by atoms with van der Waals surface area (Å²) in [4.78, 5) is 11.1. The van der Waals surface area contributed by atoms with Gasteiger partial charge in [-0.25, -0.2) is 5.09 Å². The van der Waals surface area contributed by atoms with E-state index in [9.17, 15) is 9.36 Å². The molecule has 0 saturated carbocycles. The molecule has 0 rings (SSSR count). The van der Waals surface area contributed by atoms with Crippen molar-refractivity contribution in [2.24, 2.45) is 0 Å². The zero-order valence-corrected chi connectivity index (χ0v) is 10.3. The Balaban J connectivity index is 4.40. The predicted octanol–water partition coefficient (Wildman–Crippen LogP) is 0.358. The molecule has 0 aromatic heterocycles. The highest BCUT2D eigenvalue weighted by molar-refractivity contribution is 7.56. The van der Waals surface area contributed by atoms with Crippen molar-refractivity contribution in [3.8, 4) is 0 Å². The molecule has 0 saturated heterocycles. The Labute approximate surface area is 89.5 Å². The number of esters is 1. The van der Waals surface area contributed by atoms with Crippen LogP contribution in [-0.4, -0.2) is 43.6 Å². The molecule has 0 bridgehead atoms. The van der Waals surface area contributed by atoms with Gasteiger partial charge in [-0.1, -0.05) is 0 Å². The normalized spacial score (nSPS) is 17.2. The second kappa shape index (κ2) is 6.23. The third-order valence-corrected chi connectivity index (χ3v) is 3.08. The van der Waals surface area contributed by atoms with E-state index in [2.05, 4.69) is 9.82 Å². The standard InChI is InChI=1S/C8H18NO5P/c1-6(2)14-15(4,12)9-7(5-10)8(11)13-3/h6-7,10H,5H2,1-4H3,(H,9,12)/t7-,15?/m0/s1. The highest BCUT2D eigenvalue weighted by atomic mass is 31.2. The molecule has 6 nitrogen and oxygen atoms in total. The SMILES string of the molecule is COC(=O)[C@H](CO)NP(C)(=O)OC(C)C. The molecule has 0 spiro atoms. The molecule has 2 atom stereocenters. The Morgan fingerprint density at radius 1 is 1.53 bits per heavy atom. The first-order chi connectivity index (χ1) is 6.82. The van der Waals surface area contributed by atoms with Gasteiger partial charge >= 0.3 is 5.97 Å². The summed E-state index contributed by atoms with van der Waals surface area (Å²) in [6.45, 7) is 4.30. The van der Waals surface area contributed by atoms with E-state index >= 15 is 0 Å². The molecule has 0 aromatic carbocycles. The van der Waals surface area contributed by atoms with Crippen molar-refractivity contribution in [2.45, 2.75) is 26.0 Å². The summed E-state index contributed by atoms with van der Waals surface area (Å²) in [5.74, 6) is -0.674. The molecule has 2 N–H and O–H groups in total. The number of carbonyl (C=O) groups is 1. The molecule has 90 valence electrons. The summed E-state index contributed by atoms with van der Waals surface area (Å²) in [5.41, 5.74) is 0. The van der Waals surface area contributed by atoms with Gasteiger partial charge in [-0.05, 0) is 13.8 Å². The number of ether oxygens (including phenoxy) is 1. The molecule has 1 unspecified atom stereocenters. The predicted molar refractivity (Wildman–Crippen MR) is 55.8 cm³/mol. The van der Waals surface area contributed by atoms with Crippen LogP contribution in [0.2, 0.25) is 0 Å². The first-order valence-electron chi connectivity index (χ1n) is 4.54. The minimum Gasteiger partial charge on any atom is -0.468 e. The fourth-order valence-corrected chi connectivity index (χ4v) is 2.64. The second-order valence-corrected chi connectivity index (χ2v) is 5.55. The molecule has 0 amide bonds. The van der Waals surface area contributed by atoms with Crippen molar-refractivity contribution in [1.29, 1.82) is 0 Å². The van der Waals surface area contributed by atoms with Gasteiger partial charge in [0.2, 0.25) is 0 Å². The van der Waals surface area contributed by atoms with Crippen LogP contribution in [0.1, 0.15) is 13.8 Å². The Morgan fingerprint density at radius 2 is 2.07 bits per heavy atom. The van der Waals surface area contributed by atoms with Gasteiger partial charge in [-0.3, -0.25) is 9.36 Å². The Hall–Kier alpha value is -0.420. The van der Waals surface area contributed by atoms with Crippen LogP contribution >= 0.6 is 7.52 Å². The van der Waals surface area contributed by atoms with Crippen LogP contribution in [-0.2, 0) is 18.6 Å². The maximum Gasteiger partial charge on any atom is 0.325 e. The summed E-state index contributed by atoms with van der Waals surface area (Å²) in [6, 6.07) is -1.02. The van der Waals surface area contributed by atoms with Crippen molar-refractivity contribution < 1.29 is 23.7 Å². The fourth-order valence-electron chi connectivity index (χ4n) is 1.03. The summed E-state index contributed by atoms with van der Waals surface area (Å²) in [6.07, 6.45) is -0.231. The lowest BCUT2D eigenvalue weighted by molar-refractivity contribution is -0.143. The van der Waals surface area contributed by atoms with E-state index in [-0.39, 0.29) is 6.10 Å². The lowest BCUT2D eigenvalue weighted by Gasteiger charge is -2.21. The maximum absolute atomic E-state index is 11.8. The zero-order valence-electron chi connectivity index (χ0n) is 9.39. The molecule has 0 aromatic rings. The van der Waals surface area contributed by atoms with Crippen molar-refractivity contribution in [1.82, 2.24) is 5.09 Å². The van der Waals surface area contributed by atoms with Gasteiger partial charge in [0.1, 0.15) is 6.04 Å². The van der Waals surface area contributed by atoms with Gasteiger partial charge in [-0.2, -0.15) is 0 Å². The number of carbonyl (C=O) groups excluding carboxylic acids is 1. The molecule has 0 aliphatic carbocycles. The zero-order chi connectivity index (χ0) is 12.1.